The van der Waals surface area contributed by atoms with Gasteiger partial charge >= 0.3 is 0 Å². The Bertz CT molecular complexity index is 1160. The van der Waals surface area contributed by atoms with Gasteiger partial charge in [-0.15, -0.1) is 0 Å². The molecular weight excluding hydrogens is 362 g/mol. The smallest absolute Gasteiger partial charge is 0.257 e. The van der Waals surface area contributed by atoms with Crippen molar-refractivity contribution in [3.05, 3.63) is 90.3 Å². The molecule has 7 heteroatoms. The molecule has 0 saturated heterocycles. The van der Waals surface area contributed by atoms with Crippen LogP contribution in [0.15, 0.2) is 73.1 Å². The molecule has 0 fully saturated rings. The summed E-state index contributed by atoms with van der Waals surface area (Å²) in [7, 11) is 0. The molecule has 5 nitrogen and oxygen atoms in total. The van der Waals surface area contributed by atoms with E-state index in [0.717, 1.165) is 17.5 Å². The highest BCUT2D eigenvalue weighted by molar-refractivity contribution is 6.08. The van der Waals surface area contributed by atoms with E-state index >= 15 is 0 Å². The van der Waals surface area contributed by atoms with Crippen molar-refractivity contribution in [3.8, 4) is 0 Å². The van der Waals surface area contributed by atoms with Crippen molar-refractivity contribution in [1.29, 1.82) is 0 Å². The molecule has 1 amide bonds. The lowest BCUT2D eigenvalue weighted by Crippen LogP contribution is -2.12. The number of carbonyl (C=O) groups excluding carboxylic acids is 1. The number of hydrogen-bond donors (Lipinski definition) is 2. The predicted octanol–water partition coefficient (Wildman–Crippen LogP) is 4.90. The number of hydrogen-bond acceptors (Lipinski definition) is 4. The number of fused-ring (bicyclic) bond motifs is 1. The summed E-state index contributed by atoms with van der Waals surface area (Å²) in [4.78, 5) is 21.0. The molecule has 4 aromatic rings. The Hall–Kier alpha value is -3.87. The van der Waals surface area contributed by atoms with Crippen LogP contribution in [0.2, 0.25) is 0 Å². The van der Waals surface area contributed by atoms with Crippen molar-refractivity contribution in [2.75, 3.05) is 10.6 Å². The molecule has 0 saturated carbocycles. The van der Waals surface area contributed by atoms with E-state index in [4.69, 9.17) is 0 Å². The van der Waals surface area contributed by atoms with E-state index in [1.54, 1.807) is 24.4 Å². The molecule has 4 rings (SSSR count). The molecule has 0 spiro atoms. The number of nitrogens with one attached hydrogen (secondary N) is 2. The lowest BCUT2D eigenvalue weighted by atomic mass is 10.2. The molecular formula is C21H14F2N4O. The average Bonchev–Trinajstić information content (AvgIpc) is 2.71. The standard InChI is InChI=1S/C21H14F2N4O/c22-16-8-7-15(11-17(16)23)26-19-9-6-14(12-25-19)21(28)27-18-5-1-3-13-4-2-10-24-20(13)18/h1-12H,(H,25,26)(H,27,28). The fourth-order valence-corrected chi connectivity index (χ4v) is 2.72. The van der Waals surface area contributed by atoms with Gasteiger partial charge < -0.3 is 10.6 Å². The number of benzene rings is 2. The monoisotopic (exact) mass is 376 g/mol. The normalized spacial score (nSPS) is 10.6. The van der Waals surface area contributed by atoms with Crippen LogP contribution in [-0.2, 0) is 0 Å². The van der Waals surface area contributed by atoms with Crippen molar-refractivity contribution in [3.63, 3.8) is 0 Å². The first-order chi connectivity index (χ1) is 13.6. The van der Waals surface area contributed by atoms with E-state index < -0.39 is 11.6 Å². The molecule has 28 heavy (non-hydrogen) atoms. The summed E-state index contributed by atoms with van der Waals surface area (Å²) in [5.74, 6) is -1.81. The minimum absolute atomic E-state index is 0.329. The van der Waals surface area contributed by atoms with Gasteiger partial charge in [-0.3, -0.25) is 9.78 Å². The van der Waals surface area contributed by atoms with E-state index in [1.165, 1.54) is 12.3 Å². The van der Waals surface area contributed by atoms with Crippen LogP contribution < -0.4 is 10.6 Å². The predicted molar refractivity (Wildman–Crippen MR) is 104 cm³/mol. The fourth-order valence-electron chi connectivity index (χ4n) is 2.72. The Balaban J connectivity index is 1.50. The molecule has 2 N–H and O–H groups in total. The number of nitrogens with zero attached hydrogens (tertiary/aromatic N) is 2. The van der Waals surface area contributed by atoms with E-state index in [9.17, 15) is 13.6 Å². The Morgan fingerprint density at radius 1 is 0.893 bits per heavy atom. The summed E-state index contributed by atoms with van der Waals surface area (Å²) in [6.07, 6.45) is 3.06. The largest absolute Gasteiger partial charge is 0.340 e. The SMILES string of the molecule is O=C(Nc1cccc2cccnc12)c1ccc(Nc2ccc(F)c(F)c2)nc1. The Morgan fingerprint density at radius 3 is 2.54 bits per heavy atom. The van der Waals surface area contributed by atoms with Crippen LogP contribution in [0.1, 0.15) is 10.4 Å². The van der Waals surface area contributed by atoms with Gasteiger partial charge in [-0.1, -0.05) is 18.2 Å². The quantitative estimate of drug-likeness (QED) is 0.531. The first-order valence-electron chi connectivity index (χ1n) is 8.43. The van der Waals surface area contributed by atoms with E-state index in [0.29, 0.717) is 28.3 Å². The molecule has 2 aromatic heterocycles. The first-order valence-corrected chi connectivity index (χ1v) is 8.43. The topological polar surface area (TPSA) is 66.9 Å². The van der Waals surface area contributed by atoms with Gasteiger partial charge in [-0.2, -0.15) is 0 Å². The molecule has 0 unspecified atom stereocenters. The van der Waals surface area contributed by atoms with Gasteiger partial charge in [0.05, 0.1) is 16.8 Å². The second-order valence-corrected chi connectivity index (χ2v) is 6.02. The third-order valence-corrected chi connectivity index (χ3v) is 4.10. The summed E-state index contributed by atoms with van der Waals surface area (Å²) in [6, 6.07) is 15.9. The van der Waals surface area contributed by atoms with Gasteiger partial charge in [-0.05, 0) is 36.4 Å². The third-order valence-electron chi connectivity index (χ3n) is 4.10. The van der Waals surface area contributed by atoms with Gasteiger partial charge in [0.2, 0.25) is 0 Å². The highest BCUT2D eigenvalue weighted by Crippen LogP contribution is 2.22. The fraction of sp³-hybridized carbons (Fsp3) is 0. The number of halogens is 2. The molecule has 0 atom stereocenters. The van der Waals surface area contributed by atoms with Crippen molar-refractivity contribution in [1.82, 2.24) is 9.97 Å². The van der Waals surface area contributed by atoms with Crippen molar-refractivity contribution >= 4 is 34.0 Å². The van der Waals surface area contributed by atoms with Crippen LogP contribution in [-0.4, -0.2) is 15.9 Å². The van der Waals surface area contributed by atoms with Gasteiger partial charge in [0, 0.05) is 29.5 Å². The third kappa shape index (κ3) is 3.64. The number of para-hydroxylation sites is 1. The summed E-state index contributed by atoms with van der Waals surface area (Å²) in [6.45, 7) is 0. The molecule has 0 bridgehead atoms. The van der Waals surface area contributed by atoms with Gasteiger partial charge in [0.1, 0.15) is 5.82 Å². The number of carbonyl (C=O) groups is 1. The molecule has 2 heterocycles. The first kappa shape index (κ1) is 17.5. The van der Waals surface area contributed by atoms with E-state index in [-0.39, 0.29) is 5.91 Å². The summed E-state index contributed by atoms with van der Waals surface area (Å²) in [5.41, 5.74) is 2.00. The molecule has 0 aliphatic rings. The van der Waals surface area contributed by atoms with Gasteiger partial charge in [0.25, 0.3) is 5.91 Å². The second-order valence-electron chi connectivity index (χ2n) is 6.02. The maximum atomic E-state index is 13.3. The van der Waals surface area contributed by atoms with Crippen molar-refractivity contribution in [2.24, 2.45) is 0 Å². The van der Waals surface area contributed by atoms with Crippen LogP contribution in [0.5, 0.6) is 0 Å². The van der Waals surface area contributed by atoms with Crippen molar-refractivity contribution in [2.45, 2.75) is 0 Å². The average molecular weight is 376 g/mol. The number of rotatable bonds is 4. The Morgan fingerprint density at radius 2 is 1.75 bits per heavy atom. The maximum absolute atomic E-state index is 13.3. The van der Waals surface area contributed by atoms with Crippen LogP contribution >= 0.6 is 0 Å². The Kier molecular flexibility index (Phi) is 4.63. The number of anilines is 3. The maximum Gasteiger partial charge on any atom is 0.257 e. The summed E-state index contributed by atoms with van der Waals surface area (Å²) < 4.78 is 26.3. The summed E-state index contributed by atoms with van der Waals surface area (Å²) >= 11 is 0. The zero-order valence-corrected chi connectivity index (χ0v) is 14.5. The molecule has 0 aliphatic heterocycles. The summed E-state index contributed by atoms with van der Waals surface area (Å²) in [5, 5.41) is 6.60. The van der Waals surface area contributed by atoms with Crippen LogP contribution in [0.3, 0.4) is 0 Å². The molecule has 0 radical (unpaired) electrons. The van der Waals surface area contributed by atoms with E-state index in [2.05, 4.69) is 20.6 Å². The second kappa shape index (κ2) is 7.40. The van der Waals surface area contributed by atoms with Crippen LogP contribution in [0.4, 0.5) is 26.0 Å². The van der Waals surface area contributed by atoms with Gasteiger partial charge in [-0.25, -0.2) is 13.8 Å². The van der Waals surface area contributed by atoms with Gasteiger partial charge in [0.15, 0.2) is 11.6 Å². The zero-order valence-electron chi connectivity index (χ0n) is 14.5. The molecule has 138 valence electrons. The zero-order chi connectivity index (χ0) is 19.5. The lowest BCUT2D eigenvalue weighted by molar-refractivity contribution is 0.102. The van der Waals surface area contributed by atoms with Crippen molar-refractivity contribution < 1.29 is 13.6 Å². The minimum atomic E-state index is -0.954. The number of amides is 1. The Labute approximate surface area is 159 Å². The van der Waals surface area contributed by atoms with Crippen LogP contribution in [0, 0.1) is 11.6 Å². The highest BCUT2D eigenvalue weighted by Gasteiger charge is 2.10. The minimum Gasteiger partial charge on any atom is -0.340 e. The van der Waals surface area contributed by atoms with E-state index in [1.807, 2.05) is 24.3 Å². The molecule has 0 aliphatic carbocycles. The number of aromatic nitrogens is 2. The highest BCUT2D eigenvalue weighted by atomic mass is 19.2. The van der Waals surface area contributed by atoms with Crippen LogP contribution in [0.25, 0.3) is 10.9 Å². The molecule has 2 aromatic carbocycles. The number of pyridine rings is 2. The lowest BCUT2D eigenvalue weighted by Gasteiger charge is -2.09.